The number of anilines is 2. The summed E-state index contributed by atoms with van der Waals surface area (Å²) < 4.78 is 5.40. The Kier molecular flexibility index (Phi) is 4.14. The van der Waals surface area contributed by atoms with Crippen LogP contribution >= 0.6 is 0 Å². The highest BCUT2D eigenvalue weighted by Crippen LogP contribution is 2.60. The van der Waals surface area contributed by atoms with Crippen molar-refractivity contribution in [2.45, 2.75) is 30.8 Å². The highest BCUT2D eigenvalue weighted by atomic mass is 16.5. The van der Waals surface area contributed by atoms with Gasteiger partial charge in [-0.15, -0.1) is 0 Å². The first-order valence-electron chi connectivity index (χ1n) is 10.4. The molecule has 4 nitrogen and oxygen atoms in total. The monoisotopic (exact) mass is 397 g/mol. The zero-order valence-electron chi connectivity index (χ0n) is 17.9. The van der Waals surface area contributed by atoms with E-state index in [1.807, 2.05) is 12.1 Å². The topological polar surface area (TPSA) is 28.1 Å². The number of hydrogen-bond donors (Lipinski definition) is 0. The van der Waals surface area contributed by atoms with Crippen molar-refractivity contribution in [2.75, 3.05) is 24.1 Å². The molecule has 0 fully saturated rings. The smallest absolute Gasteiger partial charge is 0.155 e. The average Bonchev–Trinajstić information content (AvgIpc) is 3.27. The summed E-state index contributed by atoms with van der Waals surface area (Å²) in [5.41, 5.74) is 4.33. The molecule has 0 aliphatic carbocycles. The zero-order chi connectivity index (χ0) is 20.9. The predicted molar refractivity (Wildman–Crippen MR) is 124 cm³/mol. The van der Waals surface area contributed by atoms with E-state index in [4.69, 9.17) is 9.84 Å². The van der Waals surface area contributed by atoms with Gasteiger partial charge >= 0.3 is 0 Å². The van der Waals surface area contributed by atoms with Gasteiger partial charge in [-0.05, 0) is 41.5 Å². The van der Waals surface area contributed by atoms with E-state index in [-0.39, 0.29) is 11.3 Å². The minimum atomic E-state index is -0.410. The first-order valence-corrected chi connectivity index (χ1v) is 10.4. The summed E-state index contributed by atoms with van der Waals surface area (Å²) in [6.07, 6.45) is 2.11. The highest BCUT2D eigenvalue weighted by Gasteiger charge is 2.65. The molecule has 2 unspecified atom stereocenters. The normalized spacial score (nSPS) is 23.8. The molecule has 0 radical (unpaired) electrons. The first kappa shape index (κ1) is 18.7. The maximum Gasteiger partial charge on any atom is 0.155 e. The number of rotatable bonds is 3. The molecule has 0 saturated heterocycles. The van der Waals surface area contributed by atoms with Gasteiger partial charge in [-0.2, -0.15) is 5.10 Å². The van der Waals surface area contributed by atoms with E-state index in [1.54, 1.807) is 7.11 Å². The van der Waals surface area contributed by atoms with Crippen LogP contribution in [0.5, 0.6) is 5.75 Å². The van der Waals surface area contributed by atoms with E-state index in [1.165, 1.54) is 16.8 Å². The number of methoxy groups -OCH3 is 1. The zero-order valence-corrected chi connectivity index (χ0v) is 17.9. The molecule has 1 spiro atoms. The fourth-order valence-corrected chi connectivity index (χ4v) is 5.52. The Hall–Kier alpha value is -3.27. The van der Waals surface area contributed by atoms with Crippen molar-refractivity contribution in [2.24, 2.45) is 5.10 Å². The van der Waals surface area contributed by atoms with Gasteiger partial charge in [-0.1, -0.05) is 62.4 Å². The standard InChI is InChI=1S/C26H27N3O/c1-25(2)22-12-8-9-13-24(22)28(3)26(25)23(19-14-16-21(30-4)17-15-19)18-27-29(26)20-10-6-5-7-11-20/h5-18,23H,1-4H3. The Morgan fingerprint density at radius 3 is 2.20 bits per heavy atom. The number of hydrazone groups is 1. The Balaban J connectivity index is 1.74. The molecule has 0 aromatic heterocycles. The molecule has 3 aromatic carbocycles. The lowest BCUT2D eigenvalue weighted by Crippen LogP contribution is -2.65. The maximum atomic E-state index is 5.40. The van der Waals surface area contributed by atoms with Gasteiger partial charge in [0, 0.05) is 24.4 Å². The molecule has 2 aliphatic heterocycles. The highest BCUT2D eigenvalue weighted by molar-refractivity contribution is 5.84. The number of nitrogens with zero attached hydrogens (tertiary/aromatic N) is 3. The maximum absolute atomic E-state index is 5.40. The van der Waals surface area contributed by atoms with Gasteiger partial charge in [0.15, 0.2) is 5.66 Å². The van der Waals surface area contributed by atoms with E-state index < -0.39 is 5.66 Å². The molecule has 0 amide bonds. The number of ether oxygens (including phenoxy) is 1. The van der Waals surface area contributed by atoms with Crippen LogP contribution in [0.15, 0.2) is 84.0 Å². The van der Waals surface area contributed by atoms with Crippen molar-refractivity contribution in [1.29, 1.82) is 0 Å². The fourth-order valence-electron chi connectivity index (χ4n) is 5.52. The Labute approximate surface area is 178 Å². The molecule has 0 bridgehead atoms. The van der Waals surface area contributed by atoms with Crippen LogP contribution in [-0.2, 0) is 5.41 Å². The van der Waals surface area contributed by atoms with Crippen LogP contribution in [0.2, 0.25) is 0 Å². The number of likely N-dealkylation sites (N-methyl/N-ethyl adjacent to an activating group) is 1. The summed E-state index contributed by atoms with van der Waals surface area (Å²) in [5.74, 6) is 0.945. The van der Waals surface area contributed by atoms with E-state index in [0.717, 1.165) is 11.4 Å². The second-order valence-electron chi connectivity index (χ2n) is 8.59. The summed E-state index contributed by atoms with van der Waals surface area (Å²) in [6.45, 7) is 4.69. The average molecular weight is 398 g/mol. The third-order valence-electron chi connectivity index (χ3n) is 6.93. The van der Waals surface area contributed by atoms with Gasteiger partial charge in [0.05, 0.1) is 18.7 Å². The quantitative estimate of drug-likeness (QED) is 0.592. The number of hydrogen-bond acceptors (Lipinski definition) is 4. The van der Waals surface area contributed by atoms with Crippen molar-refractivity contribution in [3.63, 3.8) is 0 Å². The van der Waals surface area contributed by atoms with Crippen molar-refractivity contribution in [3.8, 4) is 5.75 Å². The summed E-state index contributed by atoms with van der Waals surface area (Å²) in [4.78, 5) is 2.43. The third-order valence-corrected chi connectivity index (χ3v) is 6.93. The molecule has 2 heterocycles. The van der Waals surface area contributed by atoms with Crippen molar-refractivity contribution < 1.29 is 4.74 Å². The number of para-hydroxylation sites is 2. The Bertz CT molecular complexity index is 1090. The van der Waals surface area contributed by atoms with Gasteiger partial charge in [0.1, 0.15) is 5.75 Å². The molecule has 0 N–H and O–H groups in total. The lowest BCUT2D eigenvalue weighted by molar-refractivity contribution is 0.256. The second-order valence-corrected chi connectivity index (χ2v) is 8.59. The molecule has 0 saturated carbocycles. The van der Waals surface area contributed by atoms with Crippen LogP contribution in [0.25, 0.3) is 0 Å². The molecule has 152 valence electrons. The predicted octanol–water partition coefficient (Wildman–Crippen LogP) is 5.41. The molecule has 2 atom stereocenters. The first-order chi connectivity index (χ1) is 14.5. The Morgan fingerprint density at radius 2 is 1.53 bits per heavy atom. The number of fused-ring (bicyclic) bond motifs is 1. The van der Waals surface area contributed by atoms with Crippen molar-refractivity contribution >= 4 is 17.6 Å². The van der Waals surface area contributed by atoms with Crippen LogP contribution in [-0.4, -0.2) is 26.0 Å². The summed E-state index contributed by atoms with van der Waals surface area (Å²) in [6, 6.07) is 27.6. The van der Waals surface area contributed by atoms with Crippen molar-refractivity contribution in [3.05, 3.63) is 90.0 Å². The second kappa shape index (κ2) is 6.63. The lowest BCUT2D eigenvalue weighted by Gasteiger charge is -2.52. The largest absolute Gasteiger partial charge is 0.497 e. The summed E-state index contributed by atoms with van der Waals surface area (Å²) in [7, 11) is 3.91. The van der Waals surface area contributed by atoms with Crippen LogP contribution in [0.4, 0.5) is 11.4 Å². The lowest BCUT2D eigenvalue weighted by atomic mass is 9.68. The van der Waals surface area contributed by atoms with Crippen molar-refractivity contribution in [1.82, 2.24) is 0 Å². The van der Waals surface area contributed by atoms with Gasteiger partial charge < -0.3 is 9.64 Å². The van der Waals surface area contributed by atoms with Gasteiger partial charge in [-0.25, -0.2) is 5.01 Å². The van der Waals surface area contributed by atoms with Crippen LogP contribution in [0.1, 0.15) is 30.9 Å². The number of benzene rings is 3. The fraction of sp³-hybridized carbons (Fsp3) is 0.269. The van der Waals surface area contributed by atoms with Crippen LogP contribution < -0.4 is 14.6 Å². The van der Waals surface area contributed by atoms with Gasteiger partial charge in [-0.3, -0.25) is 0 Å². The van der Waals surface area contributed by atoms with E-state index >= 15 is 0 Å². The molecular formula is C26H27N3O. The van der Waals surface area contributed by atoms with Gasteiger partial charge in [0.2, 0.25) is 0 Å². The molecular weight excluding hydrogens is 370 g/mol. The Morgan fingerprint density at radius 1 is 0.867 bits per heavy atom. The molecule has 3 aromatic rings. The van der Waals surface area contributed by atoms with Crippen LogP contribution in [0, 0.1) is 0 Å². The SMILES string of the molecule is COc1ccc(C2C=NN(c3ccccc3)C23N(C)c2ccccc2C3(C)C)cc1. The van der Waals surface area contributed by atoms with E-state index in [0.29, 0.717) is 0 Å². The molecule has 30 heavy (non-hydrogen) atoms. The van der Waals surface area contributed by atoms with E-state index in [2.05, 4.69) is 104 Å². The molecule has 5 rings (SSSR count). The third kappa shape index (κ3) is 2.30. The van der Waals surface area contributed by atoms with Crippen LogP contribution in [0.3, 0.4) is 0 Å². The summed E-state index contributed by atoms with van der Waals surface area (Å²) >= 11 is 0. The minimum Gasteiger partial charge on any atom is -0.497 e. The molecule has 2 aliphatic rings. The van der Waals surface area contributed by atoms with Gasteiger partial charge in [0.25, 0.3) is 0 Å². The minimum absolute atomic E-state index is 0.0796. The van der Waals surface area contributed by atoms with E-state index in [9.17, 15) is 0 Å². The summed E-state index contributed by atoms with van der Waals surface area (Å²) in [5, 5.41) is 7.23. The molecule has 4 heteroatoms.